The molecule has 1 aliphatic rings. The van der Waals surface area contributed by atoms with Crippen molar-refractivity contribution < 1.29 is 17.9 Å². The van der Waals surface area contributed by atoms with Crippen LogP contribution in [0.1, 0.15) is 19.8 Å². The minimum Gasteiger partial charge on any atom is -0.494 e. The first-order valence-corrected chi connectivity index (χ1v) is 10.9. The fourth-order valence-corrected chi connectivity index (χ4v) is 5.66. The summed E-state index contributed by atoms with van der Waals surface area (Å²) < 4.78 is 32.5. The van der Waals surface area contributed by atoms with Crippen LogP contribution >= 0.6 is 11.3 Å². The zero-order valence-electron chi connectivity index (χ0n) is 14.6. The molecule has 1 aromatic carbocycles. The highest BCUT2D eigenvalue weighted by molar-refractivity contribution is 7.91. The van der Waals surface area contributed by atoms with Gasteiger partial charge in [-0.2, -0.15) is 4.31 Å². The zero-order chi connectivity index (χ0) is 18.6. The molecular formula is C18H22N2O4S2. The van der Waals surface area contributed by atoms with Crippen molar-refractivity contribution in [3.05, 3.63) is 41.8 Å². The van der Waals surface area contributed by atoms with Gasteiger partial charge >= 0.3 is 0 Å². The van der Waals surface area contributed by atoms with Crippen LogP contribution < -0.4 is 10.1 Å². The van der Waals surface area contributed by atoms with Gasteiger partial charge < -0.3 is 10.1 Å². The van der Waals surface area contributed by atoms with E-state index in [2.05, 4.69) is 5.32 Å². The smallest absolute Gasteiger partial charge is 0.252 e. The van der Waals surface area contributed by atoms with Crippen molar-refractivity contribution >= 4 is 33.0 Å². The Hall–Kier alpha value is -1.90. The van der Waals surface area contributed by atoms with Gasteiger partial charge in [-0.1, -0.05) is 12.1 Å². The molecule has 1 atom stereocenters. The summed E-state index contributed by atoms with van der Waals surface area (Å²) in [7, 11) is -3.52. The maximum Gasteiger partial charge on any atom is 0.252 e. The summed E-state index contributed by atoms with van der Waals surface area (Å²) in [4.78, 5) is 12.6. The Morgan fingerprint density at radius 1 is 1.35 bits per heavy atom. The number of piperidine rings is 1. The Balaban J connectivity index is 1.67. The van der Waals surface area contributed by atoms with Crippen LogP contribution in [0, 0.1) is 5.92 Å². The Bertz CT molecular complexity index is 850. The Morgan fingerprint density at radius 3 is 2.92 bits per heavy atom. The van der Waals surface area contributed by atoms with E-state index in [0.29, 0.717) is 41.6 Å². The van der Waals surface area contributed by atoms with Gasteiger partial charge in [0.2, 0.25) is 5.91 Å². The van der Waals surface area contributed by atoms with E-state index in [1.54, 1.807) is 29.6 Å². The lowest BCUT2D eigenvalue weighted by Gasteiger charge is -2.30. The third kappa shape index (κ3) is 4.25. The Kier molecular flexibility index (Phi) is 5.95. The van der Waals surface area contributed by atoms with Gasteiger partial charge in [0.1, 0.15) is 9.96 Å². The van der Waals surface area contributed by atoms with Crippen molar-refractivity contribution in [1.82, 2.24) is 4.31 Å². The van der Waals surface area contributed by atoms with Gasteiger partial charge in [0.25, 0.3) is 10.0 Å². The molecule has 0 saturated carbocycles. The van der Waals surface area contributed by atoms with Crippen LogP contribution in [0.3, 0.4) is 0 Å². The summed E-state index contributed by atoms with van der Waals surface area (Å²) >= 11 is 1.20. The number of amides is 1. The quantitative estimate of drug-likeness (QED) is 0.816. The maximum atomic E-state index is 12.7. The van der Waals surface area contributed by atoms with Gasteiger partial charge in [0, 0.05) is 24.8 Å². The number of benzene rings is 1. The Labute approximate surface area is 157 Å². The molecule has 2 aromatic rings. The number of ether oxygens (including phenoxy) is 1. The van der Waals surface area contributed by atoms with Gasteiger partial charge in [0.15, 0.2) is 0 Å². The summed E-state index contributed by atoms with van der Waals surface area (Å²) in [6.45, 7) is 3.10. The van der Waals surface area contributed by atoms with E-state index in [0.717, 1.165) is 0 Å². The molecule has 1 fully saturated rings. The number of nitrogens with one attached hydrogen (secondary N) is 1. The average molecular weight is 395 g/mol. The van der Waals surface area contributed by atoms with Crippen LogP contribution in [0.25, 0.3) is 0 Å². The van der Waals surface area contributed by atoms with Crippen molar-refractivity contribution in [2.45, 2.75) is 24.0 Å². The van der Waals surface area contributed by atoms with Crippen LogP contribution in [0.4, 0.5) is 5.69 Å². The van der Waals surface area contributed by atoms with Gasteiger partial charge in [-0.15, -0.1) is 11.3 Å². The SMILES string of the molecule is CCOc1cccc(NC(=O)[C@@H]2CCCN(S(=O)(=O)c3cccs3)C2)c1. The number of carbonyl (C=O) groups is 1. The third-order valence-corrected chi connectivity index (χ3v) is 7.49. The molecule has 8 heteroatoms. The highest BCUT2D eigenvalue weighted by Gasteiger charge is 2.33. The maximum absolute atomic E-state index is 12.7. The van der Waals surface area contributed by atoms with Crippen LogP contribution in [0.15, 0.2) is 46.0 Å². The number of sulfonamides is 1. The lowest BCUT2D eigenvalue weighted by atomic mass is 9.98. The minimum absolute atomic E-state index is 0.162. The van der Waals surface area contributed by atoms with Crippen molar-refractivity contribution in [1.29, 1.82) is 0 Å². The van der Waals surface area contributed by atoms with Crippen LogP contribution in [-0.4, -0.2) is 38.3 Å². The molecule has 3 rings (SSSR count). The van der Waals surface area contributed by atoms with Gasteiger partial charge in [-0.3, -0.25) is 4.79 Å². The van der Waals surface area contributed by atoms with Gasteiger partial charge in [-0.25, -0.2) is 8.42 Å². The lowest BCUT2D eigenvalue weighted by molar-refractivity contribution is -0.120. The largest absolute Gasteiger partial charge is 0.494 e. The number of anilines is 1. The number of thiophene rings is 1. The van der Waals surface area contributed by atoms with E-state index in [1.165, 1.54) is 15.6 Å². The number of hydrogen-bond acceptors (Lipinski definition) is 5. The van der Waals surface area contributed by atoms with Crippen LogP contribution in [0.2, 0.25) is 0 Å². The van der Waals surface area contributed by atoms with E-state index in [1.807, 2.05) is 19.1 Å². The number of carbonyl (C=O) groups excluding carboxylic acids is 1. The molecule has 26 heavy (non-hydrogen) atoms. The molecule has 1 saturated heterocycles. The fourth-order valence-electron chi connectivity index (χ4n) is 2.99. The summed E-state index contributed by atoms with van der Waals surface area (Å²) in [5.74, 6) is 0.162. The highest BCUT2D eigenvalue weighted by atomic mass is 32.2. The van der Waals surface area contributed by atoms with E-state index >= 15 is 0 Å². The fraction of sp³-hybridized carbons (Fsp3) is 0.389. The summed E-state index contributed by atoms with van der Waals surface area (Å²) in [6.07, 6.45) is 1.34. The molecule has 0 unspecified atom stereocenters. The lowest BCUT2D eigenvalue weighted by Crippen LogP contribution is -2.43. The first kappa shape index (κ1) is 18.9. The predicted molar refractivity (Wildman–Crippen MR) is 102 cm³/mol. The summed E-state index contributed by atoms with van der Waals surface area (Å²) in [6, 6.07) is 10.5. The van der Waals surface area contributed by atoms with Crippen LogP contribution in [-0.2, 0) is 14.8 Å². The monoisotopic (exact) mass is 394 g/mol. The first-order valence-electron chi connectivity index (χ1n) is 8.58. The minimum atomic E-state index is -3.52. The summed E-state index contributed by atoms with van der Waals surface area (Å²) in [5, 5.41) is 4.62. The van der Waals surface area contributed by atoms with Gasteiger partial charge in [0.05, 0.1) is 12.5 Å². The van der Waals surface area contributed by atoms with Crippen LogP contribution in [0.5, 0.6) is 5.75 Å². The molecule has 1 aliphatic heterocycles. The van der Waals surface area contributed by atoms with Crippen molar-refractivity contribution in [3.63, 3.8) is 0 Å². The second kappa shape index (κ2) is 8.20. The molecule has 0 bridgehead atoms. The normalized spacial score (nSPS) is 18.4. The van der Waals surface area contributed by atoms with Gasteiger partial charge in [-0.05, 0) is 43.3 Å². The van der Waals surface area contributed by atoms with Crippen molar-refractivity contribution in [2.24, 2.45) is 5.92 Å². The second-order valence-electron chi connectivity index (χ2n) is 6.08. The molecule has 140 valence electrons. The molecule has 0 radical (unpaired) electrons. The van der Waals surface area contributed by atoms with Crippen molar-refractivity contribution in [3.8, 4) is 5.75 Å². The molecule has 0 aliphatic carbocycles. The topological polar surface area (TPSA) is 75.7 Å². The second-order valence-corrected chi connectivity index (χ2v) is 9.20. The van der Waals surface area contributed by atoms with E-state index < -0.39 is 10.0 Å². The number of hydrogen-bond donors (Lipinski definition) is 1. The molecular weight excluding hydrogens is 372 g/mol. The summed E-state index contributed by atoms with van der Waals surface area (Å²) in [5.41, 5.74) is 0.652. The van der Waals surface area contributed by atoms with Crippen molar-refractivity contribution in [2.75, 3.05) is 25.0 Å². The number of nitrogens with zero attached hydrogens (tertiary/aromatic N) is 1. The molecule has 1 amide bonds. The third-order valence-electron chi connectivity index (χ3n) is 4.26. The molecule has 2 heterocycles. The molecule has 6 nitrogen and oxygen atoms in total. The van der Waals surface area contributed by atoms with E-state index in [4.69, 9.17) is 4.74 Å². The standard InChI is InChI=1S/C18H22N2O4S2/c1-2-24-16-8-3-7-15(12-16)19-18(21)14-6-4-10-20(13-14)26(22,23)17-9-5-11-25-17/h3,5,7-9,11-12,14H,2,4,6,10,13H2,1H3,(H,19,21)/t14-/m1/s1. The molecule has 1 N–H and O–H groups in total. The predicted octanol–water partition coefficient (Wildman–Crippen LogP) is 3.19. The highest BCUT2D eigenvalue weighted by Crippen LogP contribution is 2.27. The molecule has 1 aromatic heterocycles. The number of rotatable bonds is 6. The first-order chi connectivity index (χ1) is 12.5. The van der Waals surface area contributed by atoms with E-state index in [-0.39, 0.29) is 18.4 Å². The average Bonchev–Trinajstić information content (AvgIpc) is 3.18. The van der Waals surface area contributed by atoms with E-state index in [9.17, 15) is 13.2 Å². The zero-order valence-corrected chi connectivity index (χ0v) is 16.2. The Morgan fingerprint density at radius 2 is 2.19 bits per heavy atom. The molecule has 0 spiro atoms.